The van der Waals surface area contributed by atoms with Gasteiger partial charge in [-0.3, -0.25) is 4.68 Å². The summed E-state index contributed by atoms with van der Waals surface area (Å²) in [5.41, 5.74) is 12.0. The lowest BCUT2D eigenvalue weighted by molar-refractivity contribution is 0.343. The molecule has 1 fully saturated rings. The Hall–Kier alpha value is -3.59. The van der Waals surface area contributed by atoms with Crippen molar-refractivity contribution in [3.05, 3.63) is 54.0 Å². The van der Waals surface area contributed by atoms with Gasteiger partial charge < -0.3 is 11.1 Å². The van der Waals surface area contributed by atoms with Gasteiger partial charge in [-0.05, 0) is 67.9 Å². The summed E-state index contributed by atoms with van der Waals surface area (Å²) in [6, 6.07) is 8.57. The zero-order chi connectivity index (χ0) is 21.4. The van der Waals surface area contributed by atoms with Gasteiger partial charge in [0.05, 0.1) is 23.5 Å². The van der Waals surface area contributed by atoms with Crippen LogP contribution in [-0.2, 0) is 0 Å². The van der Waals surface area contributed by atoms with E-state index in [-0.39, 0.29) is 0 Å². The van der Waals surface area contributed by atoms with E-state index in [9.17, 15) is 0 Å². The number of tetrazole rings is 1. The number of hydrogen-bond acceptors (Lipinski definition) is 7. The van der Waals surface area contributed by atoms with Gasteiger partial charge in [0.2, 0.25) is 0 Å². The SMILES string of the molecule is Cc1ccc(-n2nnnc2-c2cc(-c3cnn(C4CCNCC4)c3)cnc2N)c(C)c1. The third kappa shape index (κ3) is 3.68. The minimum atomic E-state index is 0.385. The van der Waals surface area contributed by atoms with Crippen molar-refractivity contribution >= 4 is 5.82 Å². The molecule has 1 aliphatic rings. The molecule has 158 valence electrons. The van der Waals surface area contributed by atoms with Gasteiger partial charge >= 0.3 is 0 Å². The molecule has 0 aliphatic carbocycles. The number of benzene rings is 1. The van der Waals surface area contributed by atoms with Gasteiger partial charge in [0.25, 0.3) is 0 Å². The summed E-state index contributed by atoms with van der Waals surface area (Å²) >= 11 is 0. The van der Waals surface area contributed by atoms with Crippen molar-refractivity contribution in [2.75, 3.05) is 18.8 Å². The summed E-state index contributed by atoms with van der Waals surface area (Å²) in [6.07, 6.45) is 7.90. The molecule has 0 atom stereocenters. The minimum Gasteiger partial charge on any atom is -0.383 e. The summed E-state index contributed by atoms with van der Waals surface area (Å²) in [5.74, 6) is 0.944. The van der Waals surface area contributed by atoms with Gasteiger partial charge in [0, 0.05) is 23.5 Å². The highest BCUT2D eigenvalue weighted by molar-refractivity contribution is 5.76. The molecule has 31 heavy (non-hydrogen) atoms. The Balaban J connectivity index is 1.52. The average molecular weight is 416 g/mol. The second kappa shape index (κ2) is 7.92. The van der Waals surface area contributed by atoms with Crippen LogP contribution in [0.3, 0.4) is 0 Å². The molecule has 1 aliphatic heterocycles. The molecular formula is C22H25N9. The fraction of sp³-hybridized carbons (Fsp3) is 0.318. The summed E-state index contributed by atoms with van der Waals surface area (Å²) in [5, 5.41) is 20.4. The number of nitrogen functional groups attached to an aromatic ring is 1. The maximum atomic E-state index is 6.24. The maximum absolute atomic E-state index is 6.24. The first kappa shape index (κ1) is 19.4. The van der Waals surface area contributed by atoms with E-state index in [1.807, 2.05) is 31.3 Å². The molecule has 1 saturated heterocycles. The van der Waals surface area contributed by atoms with Gasteiger partial charge in [-0.2, -0.15) is 9.78 Å². The molecule has 1 aromatic carbocycles. The number of aryl methyl sites for hydroxylation is 2. The molecule has 3 aromatic heterocycles. The molecule has 0 amide bonds. The van der Waals surface area contributed by atoms with E-state index >= 15 is 0 Å². The standard InChI is InChI=1S/C22H25N9/c1-14-3-4-20(15(2)9-14)31-22(27-28-29-31)19-10-16(11-25-21(19)23)17-12-26-30(13-17)18-5-7-24-8-6-18/h3-4,9-13,18,24H,5-8H2,1-2H3,(H2,23,25). The number of anilines is 1. The lowest BCUT2D eigenvalue weighted by Crippen LogP contribution is -2.29. The van der Waals surface area contributed by atoms with Crippen LogP contribution in [0.2, 0.25) is 0 Å². The van der Waals surface area contributed by atoms with Crippen LogP contribution in [-0.4, -0.2) is 48.1 Å². The number of pyridine rings is 1. The summed E-state index contributed by atoms with van der Waals surface area (Å²) < 4.78 is 3.77. The van der Waals surface area contributed by atoms with Crippen molar-refractivity contribution in [2.45, 2.75) is 32.7 Å². The van der Waals surface area contributed by atoms with Crippen molar-refractivity contribution in [3.8, 4) is 28.2 Å². The Kier molecular flexibility index (Phi) is 4.95. The van der Waals surface area contributed by atoms with Crippen LogP contribution < -0.4 is 11.1 Å². The van der Waals surface area contributed by atoms with Gasteiger partial charge in [-0.1, -0.05) is 17.7 Å². The zero-order valence-corrected chi connectivity index (χ0v) is 17.7. The fourth-order valence-corrected chi connectivity index (χ4v) is 4.13. The molecule has 9 nitrogen and oxygen atoms in total. The lowest BCUT2D eigenvalue weighted by Gasteiger charge is -2.22. The van der Waals surface area contributed by atoms with E-state index < -0.39 is 0 Å². The van der Waals surface area contributed by atoms with Gasteiger partial charge in [-0.25, -0.2) is 4.98 Å². The second-order valence-electron chi connectivity index (χ2n) is 8.05. The predicted molar refractivity (Wildman–Crippen MR) is 119 cm³/mol. The van der Waals surface area contributed by atoms with E-state index in [1.54, 1.807) is 10.9 Å². The van der Waals surface area contributed by atoms with E-state index in [0.717, 1.165) is 48.3 Å². The summed E-state index contributed by atoms with van der Waals surface area (Å²) in [4.78, 5) is 4.43. The van der Waals surface area contributed by atoms with Gasteiger partial charge in [0.1, 0.15) is 5.82 Å². The van der Waals surface area contributed by atoms with Crippen LogP contribution >= 0.6 is 0 Å². The molecule has 4 heterocycles. The van der Waals surface area contributed by atoms with E-state index in [4.69, 9.17) is 5.73 Å². The van der Waals surface area contributed by atoms with Crippen LogP contribution in [0.15, 0.2) is 42.9 Å². The highest BCUT2D eigenvalue weighted by Crippen LogP contribution is 2.30. The topological polar surface area (TPSA) is 112 Å². The number of hydrogen-bond donors (Lipinski definition) is 2. The Labute approximate surface area is 180 Å². The Bertz CT molecular complexity index is 1220. The molecule has 0 spiro atoms. The Morgan fingerprint density at radius 2 is 1.90 bits per heavy atom. The first-order chi connectivity index (χ1) is 15.1. The average Bonchev–Trinajstić information content (AvgIpc) is 3.45. The van der Waals surface area contributed by atoms with Gasteiger partial charge in [0.15, 0.2) is 5.82 Å². The van der Waals surface area contributed by atoms with Gasteiger partial charge in [-0.15, -0.1) is 5.10 Å². The number of nitrogens with one attached hydrogen (secondary N) is 1. The van der Waals surface area contributed by atoms with Crippen LogP contribution in [0.25, 0.3) is 28.2 Å². The molecule has 0 bridgehead atoms. The normalized spacial score (nSPS) is 14.8. The Morgan fingerprint density at radius 1 is 1.06 bits per heavy atom. The van der Waals surface area contributed by atoms with Crippen molar-refractivity contribution in [3.63, 3.8) is 0 Å². The van der Waals surface area contributed by atoms with E-state index in [2.05, 4.69) is 54.8 Å². The molecule has 0 radical (unpaired) electrons. The fourth-order valence-electron chi connectivity index (χ4n) is 4.13. The van der Waals surface area contributed by atoms with Crippen molar-refractivity contribution in [1.82, 2.24) is 40.3 Å². The highest BCUT2D eigenvalue weighted by Gasteiger charge is 2.19. The largest absolute Gasteiger partial charge is 0.383 e. The Morgan fingerprint density at radius 3 is 2.71 bits per heavy atom. The molecule has 5 rings (SSSR count). The van der Waals surface area contributed by atoms with Crippen molar-refractivity contribution < 1.29 is 0 Å². The minimum absolute atomic E-state index is 0.385. The number of nitrogens with zero attached hydrogens (tertiary/aromatic N) is 7. The number of piperidine rings is 1. The molecule has 4 aromatic rings. The number of aromatic nitrogens is 7. The van der Waals surface area contributed by atoms with Crippen LogP contribution in [0.4, 0.5) is 5.82 Å². The van der Waals surface area contributed by atoms with Crippen LogP contribution in [0.1, 0.15) is 30.0 Å². The molecule has 9 heteroatoms. The summed E-state index contributed by atoms with van der Waals surface area (Å²) in [6.45, 7) is 6.15. The predicted octanol–water partition coefficient (Wildman–Crippen LogP) is 2.71. The third-order valence-corrected chi connectivity index (χ3v) is 5.83. The lowest BCUT2D eigenvalue weighted by atomic mass is 10.1. The quantitative estimate of drug-likeness (QED) is 0.527. The third-order valence-electron chi connectivity index (χ3n) is 5.83. The smallest absolute Gasteiger partial charge is 0.190 e. The first-order valence-corrected chi connectivity index (χ1v) is 10.5. The van der Waals surface area contributed by atoms with E-state index in [1.165, 1.54) is 5.56 Å². The highest BCUT2D eigenvalue weighted by atomic mass is 15.5. The zero-order valence-electron chi connectivity index (χ0n) is 17.7. The second-order valence-corrected chi connectivity index (χ2v) is 8.05. The van der Waals surface area contributed by atoms with Crippen molar-refractivity contribution in [1.29, 1.82) is 0 Å². The molecule has 0 unspecified atom stereocenters. The van der Waals surface area contributed by atoms with E-state index in [0.29, 0.717) is 23.2 Å². The van der Waals surface area contributed by atoms with Crippen LogP contribution in [0, 0.1) is 13.8 Å². The summed E-state index contributed by atoms with van der Waals surface area (Å²) in [7, 11) is 0. The van der Waals surface area contributed by atoms with Crippen molar-refractivity contribution in [2.24, 2.45) is 0 Å². The molecule has 0 saturated carbocycles. The van der Waals surface area contributed by atoms with Crippen LogP contribution in [0.5, 0.6) is 0 Å². The number of nitrogens with two attached hydrogens (primary N) is 1. The number of rotatable bonds is 4. The molecule has 3 N–H and O–H groups in total. The monoisotopic (exact) mass is 415 g/mol. The first-order valence-electron chi connectivity index (χ1n) is 10.5. The molecular weight excluding hydrogens is 390 g/mol. The maximum Gasteiger partial charge on any atom is 0.190 e.